The number of fused-ring (bicyclic) bond motifs is 1. The highest BCUT2D eigenvalue weighted by atomic mass is 16.5. The van der Waals surface area contributed by atoms with Gasteiger partial charge < -0.3 is 15.0 Å². The van der Waals surface area contributed by atoms with E-state index in [0.29, 0.717) is 17.9 Å². The van der Waals surface area contributed by atoms with Gasteiger partial charge in [-0.15, -0.1) is 0 Å². The molecule has 134 valence electrons. The van der Waals surface area contributed by atoms with Crippen LogP contribution < -0.4 is 15.5 Å². The number of hydroxylamine groups is 1. The van der Waals surface area contributed by atoms with Crippen molar-refractivity contribution in [2.24, 2.45) is 0 Å². The number of para-hydroxylation sites is 1. The zero-order valence-electron chi connectivity index (χ0n) is 14.0. The fourth-order valence-corrected chi connectivity index (χ4v) is 3.34. The standard InChI is InChI=1S/C19H19N3O4/c23-18(21-25)12-6-7-13-11-22(15-9-16(10-15)26-17(13)8-12)19(24)20-14-4-2-1-3-5-14/h1-8,15-16,25H,9-11H2,(H,20,24)(H,21,23). The largest absolute Gasteiger partial charge is 0.490 e. The topological polar surface area (TPSA) is 90.9 Å². The molecule has 3 amide bonds. The number of urea groups is 1. The number of ether oxygens (including phenoxy) is 1. The summed E-state index contributed by atoms with van der Waals surface area (Å²) in [6.45, 7) is 0.395. The second kappa shape index (κ2) is 6.68. The zero-order valence-corrected chi connectivity index (χ0v) is 14.0. The monoisotopic (exact) mass is 353 g/mol. The fraction of sp³-hybridized carbons (Fsp3) is 0.263. The van der Waals surface area contributed by atoms with Gasteiger partial charge in [-0.3, -0.25) is 10.0 Å². The Hall–Kier alpha value is -3.06. The van der Waals surface area contributed by atoms with Crippen LogP contribution in [0, 0.1) is 0 Å². The van der Waals surface area contributed by atoms with E-state index in [-0.39, 0.29) is 18.2 Å². The van der Waals surface area contributed by atoms with Crippen molar-refractivity contribution in [3.8, 4) is 5.75 Å². The molecule has 0 atom stereocenters. The number of hydrogen-bond acceptors (Lipinski definition) is 4. The Morgan fingerprint density at radius 1 is 1.12 bits per heavy atom. The average Bonchev–Trinajstić information content (AvgIpc) is 2.60. The van der Waals surface area contributed by atoms with Crippen molar-refractivity contribution in [2.45, 2.75) is 31.5 Å². The van der Waals surface area contributed by atoms with Gasteiger partial charge >= 0.3 is 6.03 Å². The summed E-state index contributed by atoms with van der Waals surface area (Å²) in [7, 11) is 0. The lowest BCUT2D eigenvalue weighted by Crippen LogP contribution is -2.53. The van der Waals surface area contributed by atoms with E-state index in [2.05, 4.69) is 5.32 Å². The molecule has 1 fully saturated rings. The molecule has 0 saturated heterocycles. The lowest BCUT2D eigenvalue weighted by molar-refractivity contribution is 0.0214. The second-order valence-corrected chi connectivity index (χ2v) is 6.55. The van der Waals surface area contributed by atoms with Crippen molar-refractivity contribution < 1.29 is 19.5 Å². The number of amides is 3. The number of hydrogen-bond donors (Lipinski definition) is 3. The molecule has 5 rings (SSSR count). The van der Waals surface area contributed by atoms with Crippen LogP contribution in [0.5, 0.6) is 5.75 Å². The molecular formula is C19H19N3O4. The van der Waals surface area contributed by atoms with Crippen molar-refractivity contribution in [1.29, 1.82) is 0 Å². The predicted octanol–water partition coefficient (Wildman–Crippen LogP) is 2.76. The smallest absolute Gasteiger partial charge is 0.322 e. The van der Waals surface area contributed by atoms with E-state index < -0.39 is 5.91 Å². The van der Waals surface area contributed by atoms with Crippen LogP contribution in [0.1, 0.15) is 28.8 Å². The lowest BCUT2D eigenvalue weighted by atomic mass is 9.86. The highest BCUT2D eigenvalue weighted by molar-refractivity contribution is 5.94. The van der Waals surface area contributed by atoms with Crippen LogP contribution in [0.2, 0.25) is 0 Å². The minimum Gasteiger partial charge on any atom is -0.490 e. The van der Waals surface area contributed by atoms with E-state index in [0.717, 1.165) is 24.1 Å². The SMILES string of the molecule is O=C(NO)c1ccc2c(c1)OC1CC(C1)N(C(=O)Nc1ccccc1)C2. The first-order valence-electron chi connectivity index (χ1n) is 8.50. The molecular weight excluding hydrogens is 334 g/mol. The summed E-state index contributed by atoms with van der Waals surface area (Å²) in [4.78, 5) is 26.2. The molecule has 3 aliphatic rings. The minimum absolute atomic E-state index is 0.0264. The second-order valence-electron chi connectivity index (χ2n) is 6.55. The maximum Gasteiger partial charge on any atom is 0.322 e. The van der Waals surface area contributed by atoms with Gasteiger partial charge in [0.25, 0.3) is 5.91 Å². The molecule has 0 spiro atoms. The highest BCUT2D eigenvalue weighted by Gasteiger charge is 2.40. The van der Waals surface area contributed by atoms with Crippen molar-refractivity contribution in [1.82, 2.24) is 10.4 Å². The van der Waals surface area contributed by atoms with Gasteiger partial charge in [0.15, 0.2) is 0 Å². The molecule has 7 nitrogen and oxygen atoms in total. The maximum absolute atomic E-state index is 12.8. The summed E-state index contributed by atoms with van der Waals surface area (Å²) in [6, 6.07) is 14.3. The van der Waals surface area contributed by atoms with Crippen LogP contribution in [0.15, 0.2) is 48.5 Å². The molecule has 26 heavy (non-hydrogen) atoms. The van der Waals surface area contributed by atoms with Gasteiger partial charge in [0.05, 0.1) is 6.54 Å². The van der Waals surface area contributed by atoms with Crippen molar-refractivity contribution in [2.75, 3.05) is 5.32 Å². The Balaban J connectivity index is 1.58. The van der Waals surface area contributed by atoms with Gasteiger partial charge in [-0.2, -0.15) is 0 Å². The molecule has 3 N–H and O–H groups in total. The van der Waals surface area contributed by atoms with E-state index in [9.17, 15) is 9.59 Å². The predicted molar refractivity (Wildman–Crippen MR) is 94.1 cm³/mol. The van der Waals surface area contributed by atoms with Gasteiger partial charge in [0, 0.05) is 35.7 Å². The third-order valence-corrected chi connectivity index (χ3v) is 4.86. The van der Waals surface area contributed by atoms with Gasteiger partial charge in [0.2, 0.25) is 0 Å². The van der Waals surface area contributed by atoms with Crippen molar-refractivity contribution in [3.63, 3.8) is 0 Å². The Morgan fingerprint density at radius 2 is 1.88 bits per heavy atom. The molecule has 0 radical (unpaired) electrons. The molecule has 0 unspecified atom stereocenters. The van der Waals surface area contributed by atoms with Crippen LogP contribution in [0.25, 0.3) is 0 Å². The molecule has 2 heterocycles. The Bertz CT molecular complexity index is 834. The number of rotatable bonds is 2. The van der Waals surface area contributed by atoms with Gasteiger partial charge in [0.1, 0.15) is 11.9 Å². The van der Waals surface area contributed by atoms with Gasteiger partial charge in [-0.25, -0.2) is 10.3 Å². The fourth-order valence-electron chi connectivity index (χ4n) is 3.34. The average molecular weight is 353 g/mol. The summed E-state index contributed by atoms with van der Waals surface area (Å²) in [5.74, 6) is -0.0182. The number of benzene rings is 2. The molecule has 2 aliphatic heterocycles. The van der Waals surface area contributed by atoms with E-state index in [1.54, 1.807) is 23.7 Å². The lowest BCUT2D eigenvalue weighted by Gasteiger charge is -2.45. The maximum atomic E-state index is 12.8. The summed E-state index contributed by atoms with van der Waals surface area (Å²) in [6.07, 6.45) is 1.55. The Kier molecular flexibility index (Phi) is 4.22. The van der Waals surface area contributed by atoms with E-state index in [4.69, 9.17) is 9.94 Å². The van der Waals surface area contributed by atoms with Crippen LogP contribution in [0.3, 0.4) is 0 Å². The molecule has 1 aliphatic carbocycles. The van der Waals surface area contributed by atoms with Crippen molar-refractivity contribution in [3.05, 3.63) is 59.7 Å². The quantitative estimate of drug-likeness (QED) is 0.572. The number of nitrogens with one attached hydrogen (secondary N) is 2. The number of nitrogens with zero attached hydrogens (tertiary/aromatic N) is 1. The van der Waals surface area contributed by atoms with Crippen LogP contribution in [0.4, 0.5) is 10.5 Å². The summed E-state index contributed by atoms with van der Waals surface area (Å²) in [5, 5.41) is 11.7. The number of carbonyl (C=O) groups is 2. The molecule has 2 bridgehead atoms. The summed E-state index contributed by atoms with van der Waals surface area (Å²) < 4.78 is 5.96. The van der Waals surface area contributed by atoms with Crippen LogP contribution in [-0.4, -0.2) is 34.2 Å². The highest BCUT2D eigenvalue weighted by Crippen LogP contribution is 2.37. The normalized spacial score (nSPS) is 20.6. The van der Waals surface area contributed by atoms with E-state index in [1.807, 2.05) is 35.2 Å². The summed E-state index contributed by atoms with van der Waals surface area (Å²) in [5.41, 5.74) is 3.51. The molecule has 1 saturated carbocycles. The Morgan fingerprint density at radius 3 is 2.62 bits per heavy atom. The number of carbonyl (C=O) groups excluding carboxylic acids is 2. The molecule has 2 aromatic carbocycles. The third kappa shape index (κ3) is 3.09. The third-order valence-electron chi connectivity index (χ3n) is 4.86. The van der Waals surface area contributed by atoms with Crippen LogP contribution >= 0.6 is 0 Å². The van der Waals surface area contributed by atoms with E-state index >= 15 is 0 Å². The molecule has 0 aromatic heterocycles. The molecule has 7 heteroatoms. The van der Waals surface area contributed by atoms with Gasteiger partial charge in [-0.1, -0.05) is 24.3 Å². The summed E-state index contributed by atoms with van der Waals surface area (Å²) >= 11 is 0. The first-order chi connectivity index (χ1) is 12.6. The van der Waals surface area contributed by atoms with E-state index in [1.165, 1.54) is 0 Å². The van der Waals surface area contributed by atoms with Crippen molar-refractivity contribution >= 4 is 17.6 Å². The molecule has 2 aromatic rings. The van der Waals surface area contributed by atoms with Crippen LogP contribution in [-0.2, 0) is 6.54 Å². The zero-order chi connectivity index (χ0) is 18.1. The first-order valence-corrected chi connectivity index (χ1v) is 8.50. The van der Waals surface area contributed by atoms with Gasteiger partial charge in [-0.05, 0) is 24.3 Å². The number of anilines is 1. The first kappa shape index (κ1) is 16.4. The minimum atomic E-state index is -0.594. The Labute approximate surface area is 150 Å².